The van der Waals surface area contributed by atoms with Crippen molar-refractivity contribution >= 4 is 22.4 Å². The van der Waals surface area contributed by atoms with E-state index in [-0.39, 0.29) is 5.78 Å². The van der Waals surface area contributed by atoms with E-state index in [4.69, 9.17) is 5.73 Å². The van der Waals surface area contributed by atoms with Gasteiger partial charge in [0.2, 0.25) is 0 Å². The molecular weight excluding hydrogens is 248 g/mol. The molecule has 3 rings (SSSR count). The van der Waals surface area contributed by atoms with Gasteiger partial charge in [0.25, 0.3) is 0 Å². The third kappa shape index (κ3) is 1.97. The van der Waals surface area contributed by atoms with E-state index in [1.807, 2.05) is 44.2 Å². The van der Waals surface area contributed by atoms with Crippen molar-refractivity contribution in [2.75, 3.05) is 5.73 Å². The summed E-state index contributed by atoms with van der Waals surface area (Å²) < 4.78 is 0. The van der Waals surface area contributed by atoms with Crippen LogP contribution in [-0.4, -0.2) is 10.8 Å². The maximum atomic E-state index is 12.7. The van der Waals surface area contributed by atoms with Gasteiger partial charge in [-0.15, -0.1) is 0 Å². The van der Waals surface area contributed by atoms with Crippen LogP contribution in [0.2, 0.25) is 0 Å². The van der Waals surface area contributed by atoms with E-state index < -0.39 is 0 Å². The minimum Gasteiger partial charge on any atom is -0.399 e. The monoisotopic (exact) mass is 264 g/mol. The van der Waals surface area contributed by atoms with Crippen LogP contribution in [0, 0.1) is 13.8 Å². The minimum atomic E-state index is 0.00616. The first-order chi connectivity index (χ1) is 9.56. The zero-order chi connectivity index (χ0) is 14.3. The molecule has 0 radical (unpaired) electrons. The summed E-state index contributed by atoms with van der Waals surface area (Å²) in [5, 5.41) is 0.955. The Morgan fingerprint density at radius 1 is 1.05 bits per heavy atom. The highest BCUT2D eigenvalue weighted by Gasteiger charge is 2.16. The predicted molar refractivity (Wildman–Crippen MR) is 82.1 cm³/mol. The van der Waals surface area contributed by atoms with Gasteiger partial charge in [-0.1, -0.05) is 17.7 Å². The standard InChI is InChI=1S/C17H16N2O/c1-10-3-6-16-14(7-10)15(9-19-16)17(20)13-8-12(18)5-4-11(13)2/h3-9,19H,18H2,1-2H3. The minimum absolute atomic E-state index is 0.00616. The number of aromatic nitrogens is 1. The average molecular weight is 264 g/mol. The Hall–Kier alpha value is -2.55. The molecule has 0 atom stereocenters. The van der Waals surface area contributed by atoms with E-state index in [1.54, 1.807) is 12.3 Å². The van der Waals surface area contributed by atoms with Gasteiger partial charge in [0.05, 0.1) is 0 Å². The van der Waals surface area contributed by atoms with E-state index in [2.05, 4.69) is 4.98 Å². The zero-order valence-electron chi connectivity index (χ0n) is 11.5. The van der Waals surface area contributed by atoms with Crippen molar-refractivity contribution in [1.29, 1.82) is 0 Å². The number of nitrogen functional groups attached to an aromatic ring is 1. The number of nitrogens with two attached hydrogens (primary N) is 1. The lowest BCUT2D eigenvalue weighted by Crippen LogP contribution is -2.04. The summed E-state index contributed by atoms with van der Waals surface area (Å²) in [7, 11) is 0. The van der Waals surface area contributed by atoms with Crippen molar-refractivity contribution in [3.05, 3.63) is 64.8 Å². The van der Waals surface area contributed by atoms with Crippen molar-refractivity contribution in [3.8, 4) is 0 Å². The molecule has 3 aromatic rings. The molecule has 20 heavy (non-hydrogen) atoms. The fraction of sp³-hybridized carbons (Fsp3) is 0.118. The highest BCUT2D eigenvalue weighted by molar-refractivity contribution is 6.17. The number of carbonyl (C=O) groups is 1. The van der Waals surface area contributed by atoms with Gasteiger partial charge in [-0.2, -0.15) is 0 Å². The summed E-state index contributed by atoms with van der Waals surface area (Å²) >= 11 is 0. The van der Waals surface area contributed by atoms with Gasteiger partial charge in [-0.25, -0.2) is 0 Å². The lowest BCUT2D eigenvalue weighted by molar-refractivity contribution is 0.104. The Bertz CT molecular complexity index is 815. The number of aromatic amines is 1. The summed E-state index contributed by atoms with van der Waals surface area (Å²) in [5.74, 6) is 0.00616. The number of rotatable bonds is 2. The van der Waals surface area contributed by atoms with Crippen LogP contribution in [0.25, 0.3) is 10.9 Å². The van der Waals surface area contributed by atoms with Gasteiger partial charge in [0, 0.05) is 33.9 Å². The number of aryl methyl sites for hydroxylation is 2. The Balaban J connectivity index is 2.17. The normalized spacial score (nSPS) is 10.9. The smallest absolute Gasteiger partial charge is 0.195 e. The SMILES string of the molecule is Cc1ccc2[nH]cc(C(=O)c3cc(N)ccc3C)c2c1. The van der Waals surface area contributed by atoms with Crippen LogP contribution in [0.15, 0.2) is 42.6 Å². The van der Waals surface area contributed by atoms with E-state index >= 15 is 0 Å². The first-order valence-electron chi connectivity index (χ1n) is 6.55. The molecule has 0 bridgehead atoms. The molecule has 3 N–H and O–H groups in total. The Morgan fingerprint density at radius 2 is 1.85 bits per heavy atom. The molecule has 1 heterocycles. The summed E-state index contributed by atoms with van der Waals surface area (Å²) in [6.07, 6.45) is 1.77. The molecule has 0 aliphatic carbocycles. The Morgan fingerprint density at radius 3 is 2.65 bits per heavy atom. The summed E-state index contributed by atoms with van der Waals surface area (Å²) in [6.45, 7) is 3.94. The third-order valence-corrected chi connectivity index (χ3v) is 3.59. The number of benzene rings is 2. The van der Waals surface area contributed by atoms with Crippen LogP contribution in [0.1, 0.15) is 27.0 Å². The lowest BCUT2D eigenvalue weighted by Gasteiger charge is -2.05. The van der Waals surface area contributed by atoms with Crippen molar-refractivity contribution in [2.24, 2.45) is 0 Å². The van der Waals surface area contributed by atoms with E-state index in [9.17, 15) is 4.79 Å². The second-order valence-electron chi connectivity index (χ2n) is 5.15. The maximum absolute atomic E-state index is 12.7. The van der Waals surface area contributed by atoms with Gasteiger partial charge >= 0.3 is 0 Å². The van der Waals surface area contributed by atoms with Crippen molar-refractivity contribution in [1.82, 2.24) is 4.98 Å². The van der Waals surface area contributed by atoms with Gasteiger partial charge in [-0.05, 0) is 43.7 Å². The van der Waals surface area contributed by atoms with Crippen LogP contribution >= 0.6 is 0 Å². The topological polar surface area (TPSA) is 58.9 Å². The summed E-state index contributed by atoms with van der Waals surface area (Å²) in [5.41, 5.74) is 10.8. The molecule has 3 nitrogen and oxygen atoms in total. The molecule has 0 amide bonds. The number of fused-ring (bicyclic) bond motifs is 1. The van der Waals surface area contributed by atoms with E-state index in [0.717, 1.165) is 22.0 Å². The van der Waals surface area contributed by atoms with Crippen LogP contribution in [0.4, 0.5) is 5.69 Å². The number of ketones is 1. The van der Waals surface area contributed by atoms with E-state index in [0.29, 0.717) is 16.8 Å². The number of carbonyl (C=O) groups excluding carboxylic acids is 1. The highest BCUT2D eigenvalue weighted by Crippen LogP contribution is 2.24. The Kier molecular flexibility index (Phi) is 2.83. The van der Waals surface area contributed by atoms with Crippen molar-refractivity contribution < 1.29 is 4.79 Å². The second kappa shape index (κ2) is 4.53. The molecular formula is C17H16N2O. The fourth-order valence-corrected chi connectivity index (χ4v) is 2.45. The molecule has 0 saturated heterocycles. The Labute approximate surface area is 117 Å². The van der Waals surface area contributed by atoms with E-state index in [1.165, 1.54) is 0 Å². The maximum Gasteiger partial charge on any atom is 0.195 e. The van der Waals surface area contributed by atoms with Gasteiger partial charge in [-0.3, -0.25) is 4.79 Å². The molecule has 2 aromatic carbocycles. The quantitative estimate of drug-likeness (QED) is 0.549. The average Bonchev–Trinajstić information content (AvgIpc) is 2.83. The fourth-order valence-electron chi connectivity index (χ4n) is 2.45. The van der Waals surface area contributed by atoms with Crippen LogP contribution in [-0.2, 0) is 0 Å². The molecule has 0 spiro atoms. The van der Waals surface area contributed by atoms with Crippen molar-refractivity contribution in [2.45, 2.75) is 13.8 Å². The summed E-state index contributed by atoms with van der Waals surface area (Å²) in [4.78, 5) is 15.9. The number of hydrogen-bond acceptors (Lipinski definition) is 2. The van der Waals surface area contributed by atoms with Gasteiger partial charge in [0.1, 0.15) is 0 Å². The molecule has 0 aliphatic rings. The molecule has 0 aliphatic heterocycles. The van der Waals surface area contributed by atoms with Gasteiger partial charge in [0.15, 0.2) is 5.78 Å². The van der Waals surface area contributed by atoms with Crippen LogP contribution < -0.4 is 5.73 Å². The zero-order valence-corrected chi connectivity index (χ0v) is 11.5. The number of anilines is 1. The first kappa shape index (κ1) is 12.5. The molecule has 100 valence electrons. The predicted octanol–water partition coefficient (Wildman–Crippen LogP) is 3.60. The van der Waals surface area contributed by atoms with Crippen molar-refractivity contribution in [3.63, 3.8) is 0 Å². The first-order valence-corrected chi connectivity index (χ1v) is 6.55. The third-order valence-electron chi connectivity index (χ3n) is 3.59. The van der Waals surface area contributed by atoms with Gasteiger partial charge < -0.3 is 10.7 Å². The molecule has 0 saturated carbocycles. The second-order valence-corrected chi connectivity index (χ2v) is 5.15. The number of hydrogen-bond donors (Lipinski definition) is 2. The largest absolute Gasteiger partial charge is 0.399 e. The highest BCUT2D eigenvalue weighted by atomic mass is 16.1. The number of H-pyrrole nitrogens is 1. The van der Waals surface area contributed by atoms with Crippen LogP contribution in [0.5, 0.6) is 0 Å². The molecule has 0 fully saturated rings. The molecule has 0 unspecified atom stereocenters. The lowest BCUT2D eigenvalue weighted by atomic mass is 9.97. The molecule has 1 aromatic heterocycles. The number of nitrogens with one attached hydrogen (secondary N) is 1. The molecule has 3 heteroatoms. The summed E-state index contributed by atoms with van der Waals surface area (Å²) in [6, 6.07) is 11.5. The van der Waals surface area contributed by atoms with Crippen LogP contribution in [0.3, 0.4) is 0 Å².